The first-order valence-corrected chi connectivity index (χ1v) is 3.54. The van der Waals surface area contributed by atoms with E-state index in [2.05, 4.69) is 18.2 Å². The molecule has 1 aromatic carbocycles. The molecule has 0 atom stereocenters. The van der Waals surface area contributed by atoms with Gasteiger partial charge in [0.05, 0.1) is 12.5 Å². The molecular weight excluding hydrogens is 152 g/mol. The third kappa shape index (κ3) is 0.639. The van der Waals surface area contributed by atoms with Gasteiger partial charge in [-0.25, -0.2) is 0 Å². The Morgan fingerprint density at radius 1 is 1.08 bits per heavy atom. The van der Waals surface area contributed by atoms with Crippen LogP contribution in [0.3, 0.4) is 0 Å². The Morgan fingerprint density at radius 2 is 2.08 bits per heavy atom. The Bertz CT molecular complexity index is 440. The normalized spacial score (nSPS) is 11.3. The first kappa shape index (κ1) is 5.89. The fourth-order valence-electron chi connectivity index (χ4n) is 1.20. The predicted octanol–water partition coefficient (Wildman–Crippen LogP) is 2.58. The zero-order valence-corrected chi connectivity index (χ0v) is 6.05. The van der Waals surface area contributed by atoms with Gasteiger partial charge in [-0.05, 0) is 6.07 Å². The topological polar surface area (TPSA) is 26.3 Å². The van der Waals surface area contributed by atoms with Crippen LogP contribution in [-0.4, -0.2) is 0 Å². The van der Waals surface area contributed by atoms with Crippen LogP contribution >= 0.6 is 0 Å². The SMILES string of the molecule is [c]1coc2[c]c3ccoc3[c]c12. The molecule has 0 aliphatic heterocycles. The lowest BCUT2D eigenvalue weighted by Crippen LogP contribution is -1.66. The molecule has 0 spiro atoms. The molecule has 0 saturated carbocycles. The fraction of sp³-hybridized carbons (Fsp3) is 0. The lowest BCUT2D eigenvalue weighted by atomic mass is 10.2. The maximum absolute atomic E-state index is 5.15. The molecule has 0 amide bonds. The second kappa shape index (κ2) is 1.91. The van der Waals surface area contributed by atoms with Gasteiger partial charge in [-0.1, -0.05) is 0 Å². The summed E-state index contributed by atoms with van der Waals surface area (Å²) in [6, 6.07) is 10.8. The number of furan rings is 2. The monoisotopic (exact) mass is 155 g/mol. The van der Waals surface area contributed by atoms with Crippen molar-refractivity contribution in [1.82, 2.24) is 0 Å². The summed E-state index contributed by atoms with van der Waals surface area (Å²) in [5, 5.41) is 1.66. The van der Waals surface area contributed by atoms with E-state index in [1.807, 2.05) is 6.07 Å². The molecule has 0 unspecified atom stereocenters. The van der Waals surface area contributed by atoms with E-state index < -0.39 is 0 Å². The van der Waals surface area contributed by atoms with E-state index in [0.29, 0.717) is 11.2 Å². The Morgan fingerprint density at radius 3 is 3.08 bits per heavy atom. The summed E-state index contributed by atoms with van der Waals surface area (Å²) < 4.78 is 10.3. The van der Waals surface area contributed by atoms with Crippen molar-refractivity contribution < 1.29 is 8.83 Å². The Kier molecular flexibility index (Phi) is 0.939. The molecule has 0 aliphatic rings. The smallest absolute Gasteiger partial charge is 0.144 e. The third-order valence-electron chi connectivity index (χ3n) is 1.76. The van der Waals surface area contributed by atoms with Gasteiger partial charge < -0.3 is 8.83 Å². The lowest BCUT2D eigenvalue weighted by Gasteiger charge is -1.85. The molecule has 2 nitrogen and oxygen atoms in total. The van der Waals surface area contributed by atoms with Crippen LogP contribution in [-0.2, 0) is 0 Å². The minimum absolute atomic E-state index is 0.670. The van der Waals surface area contributed by atoms with Gasteiger partial charge in [-0.2, -0.15) is 0 Å². The first-order valence-electron chi connectivity index (χ1n) is 3.54. The van der Waals surface area contributed by atoms with Crippen LogP contribution in [0.4, 0.5) is 0 Å². The number of hydrogen-bond acceptors (Lipinski definition) is 2. The summed E-state index contributed by atoms with van der Waals surface area (Å²) in [7, 11) is 0. The Hall–Kier alpha value is -1.70. The van der Waals surface area contributed by atoms with Gasteiger partial charge in [0.2, 0.25) is 0 Å². The molecule has 2 aromatic heterocycles. The molecule has 2 heteroatoms. The molecule has 3 radical (unpaired) electrons. The fourth-order valence-corrected chi connectivity index (χ4v) is 1.20. The van der Waals surface area contributed by atoms with Crippen molar-refractivity contribution in [3.63, 3.8) is 0 Å². The van der Waals surface area contributed by atoms with Crippen molar-refractivity contribution in [2.75, 3.05) is 0 Å². The zero-order valence-electron chi connectivity index (χ0n) is 6.05. The standard InChI is InChI=1S/C10H3O2/c1-3-11-9-6-8-2-4-12-10(8)5-7(1)9/h1,3-4H. The van der Waals surface area contributed by atoms with Gasteiger partial charge in [-0.3, -0.25) is 0 Å². The van der Waals surface area contributed by atoms with Crippen LogP contribution in [0.15, 0.2) is 27.4 Å². The van der Waals surface area contributed by atoms with Crippen LogP contribution in [0.1, 0.15) is 0 Å². The van der Waals surface area contributed by atoms with Crippen LogP contribution < -0.4 is 0 Å². The van der Waals surface area contributed by atoms with Crippen molar-refractivity contribution in [3.05, 3.63) is 36.8 Å². The van der Waals surface area contributed by atoms with Crippen LogP contribution in [0.5, 0.6) is 0 Å². The molecule has 0 aliphatic carbocycles. The Labute approximate surface area is 68.4 Å². The van der Waals surface area contributed by atoms with E-state index in [-0.39, 0.29) is 0 Å². The summed E-state index contributed by atoms with van der Waals surface area (Å²) in [5.41, 5.74) is 1.36. The van der Waals surface area contributed by atoms with Crippen molar-refractivity contribution in [3.8, 4) is 0 Å². The average Bonchev–Trinajstić information content (AvgIpc) is 2.64. The van der Waals surface area contributed by atoms with Gasteiger partial charge in [0.25, 0.3) is 0 Å². The largest absolute Gasteiger partial charge is 0.464 e. The van der Waals surface area contributed by atoms with Crippen molar-refractivity contribution in [2.24, 2.45) is 0 Å². The highest BCUT2D eigenvalue weighted by molar-refractivity contribution is 5.91. The highest BCUT2D eigenvalue weighted by Gasteiger charge is 2.03. The molecule has 3 aromatic rings. The van der Waals surface area contributed by atoms with Gasteiger partial charge >= 0.3 is 0 Å². The summed E-state index contributed by atoms with van der Waals surface area (Å²) in [5.74, 6) is 0. The minimum Gasteiger partial charge on any atom is -0.464 e. The van der Waals surface area contributed by atoms with Gasteiger partial charge in [0.1, 0.15) is 11.2 Å². The second-order valence-corrected chi connectivity index (χ2v) is 2.50. The number of rotatable bonds is 0. The van der Waals surface area contributed by atoms with E-state index in [1.54, 1.807) is 6.26 Å². The number of fused-ring (bicyclic) bond motifs is 2. The molecule has 2 heterocycles. The van der Waals surface area contributed by atoms with Crippen molar-refractivity contribution in [2.45, 2.75) is 0 Å². The average molecular weight is 155 g/mol. The van der Waals surface area contributed by atoms with Crippen LogP contribution in [0.2, 0.25) is 0 Å². The highest BCUT2D eigenvalue weighted by atomic mass is 16.3. The molecule has 0 fully saturated rings. The van der Waals surface area contributed by atoms with Crippen LogP contribution in [0, 0.1) is 18.2 Å². The lowest BCUT2D eigenvalue weighted by molar-refractivity contribution is 0.611. The molecule has 0 saturated heterocycles. The highest BCUT2D eigenvalue weighted by Crippen LogP contribution is 2.22. The Balaban J connectivity index is 2.62. The number of hydrogen-bond donors (Lipinski definition) is 0. The summed E-state index contributed by atoms with van der Waals surface area (Å²) in [6.07, 6.45) is 3.10. The van der Waals surface area contributed by atoms with Gasteiger partial charge in [0, 0.05) is 29.0 Å². The second-order valence-electron chi connectivity index (χ2n) is 2.50. The molecule has 55 valence electrons. The zero-order chi connectivity index (χ0) is 7.97. The maximum Gasteiger partial charge on any atom is 0.144 e. The van der Waals surface area contributed by atoms with Gasteiger partial charge in [0.15, 0.2) is 0 Å². The van der Waals surface area contributed by atoms with Crippen LogP contribution in [0.25, 0.3) is 21.9 Å². The molecular formula is C10H3O2. The van der Waals surface area contributed by atoms with E-state index in [1.165, 1.54) is 6.26 Å². The molecule has 0 bridgehead atoms. The first-order chi connectivity index (χ1) is 5.93. The van der Waals surface area contributed by atoms with Gasteiger partial charge in [-0.15, -0.1) is 0 Å². The predicted molar refractivity (Wildman–Crippen MR) is 42.5 cm³/mol. The summed E-state index contributed by atoms with van der Waals surface area (Å²) in [6.45, 7) is 0. The molecule has 3 rings (SSSR count). The van der Waals surface area contributed by atoms with E-state index in [9.17, 15) is 0 Å². The van der Waals surface area contributed by atoms with E-state index in [4.69, 9.17) is 8.83 Å². The molecule has 12 heavy (non-hydrogen) atoms. The van der Waals surface area contributed by atoms with E-state index >= 15 is 0 Å². The summed E-state index contributed by atoms with van der Waals surface area (Å²) in [4.78, 5) is 0. The number of benzene rings is 1. The summed E-state index contributed by atoms with van der Waals surface area (Å²) >= 11 is 0. The quantitative estimate of drug-likeness (QED) is 0.498. The third-order valence-corrected chi connectivity index (χ3v) is 1.76. The minimum atomic E-state index is 0.670. The van der Waals surface area contributed by atoms with Crippen molar-refractivity contribution in [1.29, 1.82) is 0 Å². The van der Waals surface area contributed by atoms with Crippen molar-refractivity contribution >= 4 is 21.9 Å². The maximum atomic E-state index is 5.15. The van der Waals surface area contributed by atoms with E-state index in [0.717, 1.165) is 10.8 Å². The molecule has 0 N–H and O–H groups in total.